The number of non-ortho nitro benzene ring substituents is 1. The van der Waals surface area contributed by atoms with Crippen molar-refractivity contribution in [3.05, 3.63) is 98.7 Å². The number of thiazole rings is 2. The van der Waals surface area contributed by atoms with Crippen LogP contribution in [0.3, 0.4) is 0 Å². The molecule has 1 aromatic carbocycles. The van der Waals surface area contributed by atoms with Gasteiger partial charge in [0.15, 0.2) is 0 Å². The number of allylic oxidation sites excluding steroid dienone is 6. The van der Waals surface area contributed by atoms with Gasteiger partial charge in [0.1, 0.15) is 15.7 Å². The van der Waals surface area contributed by atoms with Gasteiger partial charge in [-0.15, -0.1) is 11.3 Å². The molecule has 1 aliphatic rings. The molecule has 11 nitrogen and oxygen atoms in total. The van der Waals surface area contributed by atoms with Gasteiger partial charge in [-0.2, -0.15) is 79.0 Å². The van der Waals surface area contributed by atoms with Gasteiger partial charge in [0, 0.05) is 23.9 Å². The van der Waals surface area contributed by atoms with Crippen LogP contribution in [0.2, 0.25) is 0 Å². The van der Waals surface area contributed by atoms with Crippen molar-refractivity contribution in [1.29, 1.82) is 0 Å². The Labute approximate surface area is 378 Å². The van der Waals surface area contributed by atoms with E-state index in [0.29, 0.717) is 22.7 Å². The van der Waals surface area contributed by atoms with Gasteiger partial charge in [0.05, 0.1) is 38.9 Å². The second-order valence-corrected chi connectivity index (χ2v) is 14.2. The van der Waals surface area contributed by atoms with E-state index in [-0.39, 0.29) is 61.4 Å². The standard InChI is InChI=1S/C25H16F6N4O3S2.2C5H2F6O2.Mn/c1-3-38-22-18(34-20(40-22)13-7-9-14(10-8-13)35(36)37)16-17(24(28,29)25(30,31)23(16,26)27)19-12(2)33-21(39-19)15-6-4-5-11-32-15;2*6-4(7,8)2(12)1-3(13)5(9,10)11;/h4-11H,3H2,1-2H3;2*1,12H;/q;;;+2/p-2/b;2*2-1-;. The maximum Gasteiger partial charge on any atom is 2.00 e. The number of hydrogen-bond acceptors (Lipinski definition) is 12. The van der Waals surface area contributed by atoms with Crippen LogP contribution < -0.4 is 14.9 Å². The topological polar surface area (TPSA) is 171 Å². The second kappa shape index (κ2) is 20.6. The Bertz CT molecular complexity index is 2480. The maximum atomic E-state index is 15.5. The molecule has 365 valence electrons. The first-order valence-electron chi connectivity index (χ1n) is 16.7. The first-order chi connectivity index (χ1) is 29.9. The Morgan fingerprint density at radius 2 is 1.19 bits per heavy atom. The van der Waals surface area contributed by atoms with Crippen LogP contribution in [0.4, 0.5) is 84.7 Å². The molecule has 0 N–H and O–H groups in total. The van der Waals surface area contributed by atoms with Crippen molar-refractivity contribution < 1.29 is 126 Å². The molecule has 1 aliphatic carbocycles. The largest absolute Gasteiger partial charge is 2.00 e. The molecular formula is C35H18F18MnN4O7S2. The fourth-order valence-corrected chi connectivity index (χ4v) is 6.80. The Hall–Kier alpha value is -5.75. The molecule has 0 unspecified atom stereocenters. The second-order valence-electron chi connectivity index (χ2n) is 12.3. The Morgan fingerprint density at radius 3 is 1.60 bits per heavy atom. The molecule has 3 aromatic heterocycles. The quantitative estimate of drug-likeness (QED) is 0.0393. The minimum Gasteiger partial charge on any atom is -0.869 e. The predicted octanol–water partition coefficient (Wildman–Crippen LogP) is 9.62. The number of nitro benzene ring substituents is 1. The molecule has 0 bridgehead atoms. The van der Waals surface area contributed by atoms with Gasteiger partial charge in [0.2, 0.25) is 5.06 Å². The SMILES string of the molecule is CCOc1sc(-c2ccc([N+](=O)[O-])cc2)nc1C1=C(c2sc(-c3ccccn3)nc2C)C(F)(F)C(F)(F)C1(F)F.O=C(/C=C(\[O-])C(F)(F)F)C(F)(F)F.O=C(/C=C(\[O-])C(F)(F)F)C(F)(F)F.[Mn+2]. The molecule has 0 amide bonds. The number of rotatable bonds is 9. The van der Waals surface area contributed by atoms with E-state index in [1.807, 2.05) is 0 Å². The van der Waals surface area contributed by atoms with Crippen LogP contribution in [0.5, 0.6) is 5.06 Å². The third-order valence-corrected chi connectivity index (χ3v) is 9.86. The van der Waals surface area contributed by atoms with Gasteiger partial charge in [-0.1, -0.05) is 17.4 Å². The summed E-state index contributed by atoms with van der Waals surface area (Å²) in [6.45, 7) is 2.63. The molecule has 0 saturated heterocycles. The van der Waals surface area contributed by atoms with Crippen LogP contribution in [0.15, 0.2) is 72.3 Å². The minimum atomic E-state index is -5.80. The predicted molar refractivity (Wildman–Crippen MR) is 188 cm³/mol. The van der Waals surface area contributed by atoms with Gasteiger partial charge in [-0.05, 0) is 61.8 Å². The summed E-state index contributed by atoms with van der Waals surface area (Å²) in [5, 5.41) is 30.3. The van der Waals surface area contributed by atoms with E-state index < -0.39 is 104 Å². The van der Waals surface area contributed by atoms with E-state index in [4.69, 9.17) is 4.74 Å². The van der Waals surface area contributed by atoms with E-state index in [0.717, 1.165) is 12.1 Å². The summed E-state index contributed by atoms with van der Waals surface area (Å²) in [5.74, 6) is -27.7. The minimum absolute atomic E-state index is 0. The Morgan fingerprint density at radius 1 is 0.716 bits per heavy atom. The van der Waals surface area contributed by atoms with Crippen molar-refractivity contribution in [2.45, 2.75) is 56.3 Å². The van der Waals surface area contributed by atoms with Gasteiger partial charge in [0.25, 0.3) is 17.3 Å². The van der Waals surface area contributed by atoms with Gasteiger partial charge in [-0.25, -0.2) is 9.97 Å². The van der Waals surface area contributed by atoms with Crippen molar-refractivity contribution in [1.82, 2.24) is 15.0 Å². The van der Waals surface area contributed by atoms with Crippen LogP contribution in [0.25, 0.3) is 32.4 Å². The number of hydrogen-bond donors (Lipinski definition) is 0. The molecule has 0 saturated carbocycles. The normalized spacial score (nSPS) is 15.9. The molecule has 1 radical (unpaired) electrons. The van der Waals surface area contributed by atoms with Crippen LogP contribution >= 0.6 is 22.7 Å². The van der Waals surface area contributed by atoms with E-state index in [2.05, 4.69) is 15.0 Å². The third kappa shape index (κ3) is 13.0. The number of aromatic nitrogens is 3. The summed E-state index contributed by atoms with van der Waals surface area (Å²) in [5.41, 5.74) is -4.12. The van der Waals surface area contributed by atoms with Crippen molar-refractivity contribution in [3.8, 4) is 26.3 Å². The number of carbonyl (C=O) groups excluding carboxylic acids is 2. The van der Waals surface area contributed by atoms with Crippen LogP contribution in [0.1, 0.15) is 23.2 Å². The molecule has 67 heavy (non-hydrogen) atoms. The molecule has 0 atom stereocenters. The zero-order valence-electron chi connectivity index (χ0n) is 32.1. The van der Waals surface area contributed by atoms with Crippen LogP contribution in [0, 0.1) is 17.0 Å². The third-order valence-electron chi connectivity index (χ3n) is 7.65. The average molecular weight is 1070 g/mol. The van der Waals surface area contributed by atoms with Crippen molar-refractivity contribution in [3.63, 3.8) is 0 Å². The first kappa shape index (κ1) is 57.4. The van der Waals surface area contributed by atoms with Gasteiger partial charge < -0.3 is 14.9 Å². The number of aryl methyl sites for hydroxylation is 1. The Balaban J connectivity index is 0.000000470. The maximum absolute atomic E-state index is 15.5. The summed E-state index contributed by atoms with van der Waals surface area (Å²) in [6.07, 6.45) is -22.5. The number of pyridine rings is 1. The smallest absolute Gasteiger partial charge is 0.869 e. The average Bonchev–Trinajstić information content (AvgIpc) is 3.81. The molecule has 4 aromatic rings. The van der Waals surface area contributed by atoms with E-state index in [9.17, 15) is 91.4 Å². The fraction of sp³-hybridized carbons (Fsp3) is 0.286. The molecule has 0 aliphatic heterocycles. The zero-order valence-corrected chi connectivity index (χ0v) is 34.9. The number of halogens is 18. The molecule has 0 spiro atoms. The van der Waals surface area contributed by atoms with Crippen molar-refractivity contribution >= 4 is 51.1 Å². The fourth-order valence-electron chi connectivity index (χ4n) is 4.68. The Kier molecular flexibility index (Phi) is 17.7. The number of ketones is 2. The number of nitro groups is 1. The number of carbonyl (C=O) groups is 2. The van der Waals surface area contributed by atoms with Crippen LogP contribution in [-0.4, -0.2) is 80.5 Å². The first-order valence-corrected chi connectivity index (χ1v) is 18.3. The molecule has 0 fully saturated rings. The summed E-state index contributed by atoms with van der Waals surface area (Å²) in [4.78, 5) is 41.7. The summed E-state index contributed by atoms with van der Waals surface area (Å²) in [6, 6.07) is 9.51. The van der Waals surface area contributed by atoms with E-state index >= 15 is 17.6 Å². The molecule has 3 heterocycles. The van der Waals surface area contributed by atoms with Crippen LogP contribution in [-0.2, 0) is 26.7 Å². The number of ether oxygens (including phenoxy) is 1. The molecule has 32 heteroatoms. The monoisotopic (exact) mass is 1070 g/mol. The number of alkyl halides is 18. The summed E-state index contributed by atoms with van der Waals surface area (Å²) in [7, 11) is 0. The molecule has 5 rings (SSSR count). The molecular weight excluding hydrogens is 1050 g/mol. The summed E-state index contributed by atoms with van der Waals surface area (Å²) < 4.78 is 233. The number of nitrogens with zero attached hydrogens (tertiary/aromatic N) is 4. The van der Waals surface area contributed by atoms with E-state index in [1.165, 1.54) is 38.2 Å². The number of benzene rings is 1. The van der Waals surface area contributed by atoms with E-state index in [1.54, 1.807) is 12.1 Å². The van der Waals surface area contributed by atoms with Gasteiger partial charge in [-0.3, -0.25) is 24.7 Å². The van der Waals surface area contributed by atoms with Gasteiger partial charge >= 0.3 is 59.5 Å². The summed E-state index contributed by atoms with van der Waals surface area (Å²) >= 11 is 1.19. The van der Waals surface area contributed by atoms with Crippen molar-refractivity contribution in [2.75, 3.05) is 6.61 Å². The zero-order chi connectivity index (χ0) is 50.8. The van der Waals surface area contributed by atoms with Crippen molar-refractivity contribution in [2.24, 2.45) is 0 Å².